The van der Waals surface area contributed by atoms with Crippen molar-refractivity contribution >= 4 is 5.97 Å². The molecule has 3 rings (SSSR count). The minimum Gasteiger partial charge on any atom is -0.459 e. The lowest BCUT2D eigenvalue weighted by atomic mass is 9.98. The van der Waals surface area contributed by atoms with Gasteiger partial charge in [0.2, 0.25) is 0 Å². The minimum absolute atomic E-state index is 0.195. The molecule has 0 radical (unpaired) electrons. The number of carbonyl (C=O) groups excluding carboxylic acids is 1. The number of hydrogen-bond acceptors (Lipinski definition) is 5. The summed E-state index contributed by atoms with van der Waals surface area (Å²) in [6, 6.07) is 8.60. The van der Waals surface area contributed by atoms with Crippen LogP contribution >= 0.6 is 0 Å². The number of carbonyl (C=O) groups is 1. The van der Waals surface area contributed by atoms with Gasteiger partial charge >= 0.3 is 5.97 Å². The first kappa shape index (κ1) is 15.6. The van der Waals surface area contributed by atoms with Crippen LogP contribution in [0.2, 0.25) is 0 Å². The lowest BCUT2D eigenvalue weighted by molar-refractivity contribution is -0.256. The molecule has 120 valence electrons. The molecular formula is C18H18O5. The molecular weight excluding hydrogens is 296 g/mol. The van der Waals surface area contributed by atoms with E-state index in [1.807, 2.05) is 6.07 Å². The molecule has 0 amide bonds. The van der Waals surface area contributed by atoms with E-state index in [2.05, 4.69) is 5.92 Å². The average molecular weight is 314 g/mol. The Bertz CT molecular complexity index is 637. The van der Waals surface area contributed by atoms with Crippen LogP contribution in [0.25, 0.3) is 0 Å². The second-order valence-corrected chi connectivity index (χ2v) is 5.57. The van der Waals surface area contributed by atoms with Crippen molar-refractivity contribution < 1.29 is 24.1 Å². The zero-order valence-corrected chi connectivity index (χ0v) is 12.6. The zero-order chi connectivity index (χ0) is 16.3. The highest BCUT2D eigenvalue weighted by Gasteiger charge is 2.57. The summed E-state index contributed by atoms with van der Waals surface area (Å²) in [5.41, 5.74) is 0.403. The zero-order valence-electron chi connectivity index (χ0n) is 12.6. The molecule has 5 nitrogen and oxygen atoms in total. The van der Waals surface area contributed by atoms with Crippen LogP contribution in [0, 0.1) is 12.3 Å². The van der Waals surface area contributed by atoms with Crippen molar-refractivity contribution in [3.05, 3.63) is 47.7 Å². The van der Waals surface area contributed by atoms with Gasteiger partial charge in [-0.3, -0.25) is 0 Å². The Balaban J connectivity index is 1.86. The van der Waals surface area contributed by atoms with Gasteiger partial charge in [0.25, 0.3) is 5.79 Å². The van der Waals surface area contributed by atoms with Gasteiger partial charge in [-0.05, 0) is 25.0 Å². The SMILES string of the molecule is C#C/C=C1/O[C@]2(CCCCO2)[C@H](OC(=O)c2ccccc2)[C@H]1O. The van der Waals surface area contributed by atoms with E-state index in [1.165, 1.54) is 6.08 Å². The van der Waals surface area contributed by atoms with Gasteiger partial charge in [0.1, 0.15) is 5.76 Å². The van der Waals surface area contributed by atoms with Crippen LogP contribution in [-0.2, 0) is 14.2 Å². The van der Waals surface area contributed by atoms with Crippen LogP contribution in [0.5, 0.6) is 0 Å². The highest BCUT2D eigenvalue weighted by atomic mass is 16.7. The van der Waals surface area contributed by atoms with Crippen LogP contribution in [0.15, 0.2) is 42.2 Å². The quantitative estimate of drug-likeness (QED) is 0.668. The van der Waals surface area contributed by atoms with E-state index in [0.29, 0.717) is 18.6 Å². The Hall–Kier alpha value is -2.29. The fraction of sp³-hybridized carbons (Fsp3) is 0.389. The smallest absolute Gasteiger partial charge is 0.338 e. The highest BCUT2D eigenvalue weighted by molar-refractivity contribution is 5.89. The highest BCUT2D eigenvalue weighted by Crippen LogP contribution is 2.42. The second-order valence-electron chi connectivity index (χ2n) is 5.57. The van der Waals surface area contributed by atoms with E-state index in [4.69, 9.17) is 20.6 Å². The topological polar surface area (TPSA) is 65.0 Å². The molecule has 1 spiro atoms. The van der Waals surface area contributed by atoms with Gasteiger partial charge in [-0.25, -0.2) is 4.79 Å². The molecule has 0 aromatic heterocycles. The number of allylic oxidation sites excluding steroid dienone is 1. The lowest BCUT2D eigenvalue weighted by Crippen LogP contribution is -2.49. The van der Waals surface area contributed by atoms with E-state index in [9.17, 15) is 9.90 Å². The Morgan fingerprint density at radius 2 is 2.17 bits per heavy atom. The van der Waals surface area contributed by atoms with Crippen molar-refractivity contribution in [1.29, 1.82) is 0 Å². The summed E-state index contributed by atoms with van der Waals surface area (Å²) in [6.07, 6.45) is 6.78. The first-order valence-electron chi connectivity index (χ1n) is 7.59. The van der Waals surface area contributed by atoms with Gasteiger partial charge in [0.05, 0.1) is 12.2 Å². The first-order chi connectivity index (χ1) is 11.2. The summed E-state index contributed by atoms with van der Waals surface area (Å²) in [7, 11) is 0. The number of esters is 1. The molecule has 2 aliphatic heterocycles. The normalized spacial score (nSPS) is 31.6. The van der Waals surface area contributed by atoms with Gasteiger partial charge in [-0.2, -0.15) is 0 Å². The molecule has 1 aromatic carbocycles. The minimum atomic E-state index is -1.16. The van der Waals surface area contributed by atoms with Crippen LogP contribution < -0.4 is 0 Å². The maximum atomic E-state index is 12.3. The average Bonchev–Trinajstić information content (AvgIpc) is 2.82. The van der Waals surface area contributed by atoms with Gasteiger partial charge in [-0.1, -0.05) is 24.1 Å². The van der Waals surface area contributed by atoms with Gasteiger partial charge in [-0.15, -0.1) is 6.42 Å². The molecule has 2 aliphatic rings. The summed E-state index contributed by atoms with van der Waals surface area (Å²) >= 11 is 0. The maximum Gasteiger partial charge on any atom is 0.338 e. The summed E-state index contributed by atoms with van der Waals surface area (Å²) in [6.45, 7) is 0.482. The van der Waals surface area contributed by atoms with Crippen molar-refractivity contribution in [2.24, 2.45) is 0 Å². The molecule has 0 unspecified atom stereocenters. The molecule has 0 saturated carbocycles. The monoisotopic (exact) mass is 314 g/mol. The van der Waals surface area contributed by atoms with Crippen molar-refractivity contribution in [3.63, 3.8) is 0 Å². The van der Waals surface area contributed by atoms with Gasteiger partial charge in [0.15, 0.2) is 12.2 Å². The summed E-state index contributed by atoms with van der Waals surface area (Å²) in [5, 5.41) is 10.4. The van der Waals surface area contributed by atoms with E-state index >= 15 is 0 Å². The third-order valence-electron chi connectivity index (χ3n) is 4.04. The van der Waals surface area contributed by atoms with E-state index < -0.39 is 24.0 Å². The maximum absolute atomic E-state index is 12.3. The summed E-state index contributed by atoms with van der Waals surface area (Å²) in [5.74, 6) is 0.824. The summed E-state index contributed by atoms with van der Waals surface area (Å²) < 4.78 is 17.0. The number of benzene rings is 1. The largest absolute Gasteiger partial charge is 0.459 e. The number of ether oxygens (including phenoxy) is 3. The van der Waals surface area contributed by atoms with Gasteiger partial charge < -0.3 is 19.3 Å². The van der Waals surface area contributed by atoms with Crippen molar-refractivity contribution in [2.45, 2.75) is 37.3 Å². The van der Waals surface area contributed by atoms with Crippen molar-refractivity contribution in [1.82, 2.24) is 0 Å². The Labute approximate surface area is 134 Å². The molecule has 2 saturated heterocycles. The van der Waals surface area contributed by atoms with E-state index in [-0.39, 0.29) is 5.76 Å². The standard InChI is InChI=1S/C18H18O5/c1-2-8-14-15(19)16(18(23-14)11-6-7-12-21-18)22-17(20)13-9-4-3-5-10-13/h1,3-5,8-10,15-16,19H,6-7,11-12H2/b14-8+/t15-,16+,18+/m0/s1. The van der Waals surface area contributed by atoms with Crippen LogP contribution in [-0.4, -0.2) is 35.7 Å². The van der Waals surface area contributed by atoms with Crippen LogP contribution in [0.3, 0.4) is 0 Å². The van der Waals surface area contributed by atoms with Crippen molar-refractivity contribution in [3.8, 4) is 12.3 Å². The molecule has 0 aliphatic carbocycles. The molecule has 5 heteroatoms. The molecule has 1 N–H and O–H groups in total. The number of hydrogen-bond donors (Lipinski definition) is 1. The van der Waals surface area contributed by atoms with Crippen molar-refractivity contribution in [2.75, 3.05) is 6.61 Å². The number of rotatable bonds is 2. The second kappa shape index (κ2) is 6.45. The summed E-state index contributed by atoms with van der Waals surface area (Å²) in [4.78, 5) is 12.3. The molecule has 2 heterocycles. The van der Waals surface area contributed by atoms with Gasteiger partial charge in [0, 0.05) is 12.5 Å². The molecule has 3 atom stereocenters. The molecule has 0 bridgehead atoms. The molecule has 23 heavy (non-hydrogen) atoms. The predicted octanol–water partition coefficient (Wildman–Crippen LogP) is 2.02. The molecule has 1 aromatic rings. The first-order valence-corrected chi connectivity index (χ1v) is 7.59. The lowest BCUT2D eigenvalue weighted by Gasteiger charge is -2.36. The molecule has 2 fully saturated rings. The Morgan fingerprint density at radius 3 is 2.83 bits per heavy atom. The Morgan fingerprint density at radius 1 is 1.39 bits per heavy atom. The van der Waals surface area contributed by atoms with Crippen LogP contribution in [0.1, 0.15) is 29.6 Å². The van der Waals surface area contributed by atoms with E-state index in [0.717, 1.165) is 12.8 Å². The number of aliphatic hydroxyl groups is 1. The number of terminal acetylenes is 1. The third kappa shape index (κ3) is 2.96. The fourth-order valence-corrected chi connectivity index (χ4v) is 2.91. The van der Waals surface area contributed by atoms with E-state index in [1.54, 1.807) is 24.3 Å². The van der Waals surface area contributed by atoms with Crippen LogP contribution in [0.4, 0.5) is 0 Å². The third-order valence-corrected chi connectivity index (χ3v) is 4.04. The Kier molecular flexibility index (Phi) is 4.37. The number of aliphatic hydroxyl groups excluding tert-OH is 1. The fourth-order valence-electron chi connectivity index (χ4n) is 2.91. The predicted molar refractivity (Wildman–Crippen MR) is 82.2 cm³/mol.